The maximum absolute atomic E-state index is 10.4. The van der Waals surface area contributed by atoms with Crippen LogP contribution in [-0.4, -0.2) is 20.9 Å². The first-order valence-corrected chi connectivity index (χ1v) is 7.09. The molecule has 0 aliphatic rings. The Kier molecular flexibility index (Phi) is 6.12. The van der Waals surface area contributed by atoms with Gasteiger partial charge in [-0.2, -0.15) is 5.10 Å². The van der Waals surface area contributed by atoms with Crippen molar-refractivity contribution in [1.29, 1.82) is 0 Å². The van der Waals surface area contributed by atoms with Crippen LogP contribution >= 0.6 is 22.6 Å². The van der Waals surface area contributed by atoms with Crippen molar-refractivity contribution >= 4 is 39.9 Å². The summed E-state index contributed by atoms with van der Waals surface area (Å²) in [5.41, 5.74) is 0.494. The smallest absolute Gasteiger partial charge is 0.276 e. The first kappa shape index (κ1) is 18.5. The Bertz CT molecular complexity index is 674. The number of carboxylic acids is 1. The number of carbonyl (C=O) groups excluding carboxylic acids is 1. The number of aryl methyl sites for hydroxylation is 2. The normalized spacial score (nSPS) is 9.70. The second kappa shape index (κ2) is 7.62. The first-order valence-electron chi connectivity index (χ1n) is 6.01. The number of nitro benzene ring substituents is 2. The SMILES string of the molecule is Cc1[nH][nH+]c(C)c1I.O=C([O-])c1cc([N+](=O)[O-])cc([N+](=O)[O-])c1. The number of hydrogen-bond donors (Lipinski definition) is 1. The summed E-state index contributed by atoms with van der Waals surface area (Å²) in [6.45, 7) is 4.09. The standard InChI is InChI=1S/C7H4N2O6.C5H7IN2/c10-7(11)4-1-5(8(12)13)3-6(2-4)9(14)15;1-3-5(6)4(2)8-7-3/h1-3H,(H,10,11);1-2H3,(H,7,8). The quantitative estimate of drug-likeness (QED) is 0.430. The number of benzene rings is 1. The third-order valence-corrected chi connectivity index (χ3v) is 4.27. The highest BCUT2D eigenvalue weighted by atomic mass is 127. The van der Waals surface area contributed by atoms with Crippen LogP contribution < -0.4 is 10.2 Å². The summed E-state index contributed by atoms with van der Waals surface area (Å²) in [4.78, 5) is 29.2. The van der Waals surface area contributed by atoms with E-state index in [2.05, 4.69) is 32.8 Å². The minimum Gasteiger partial charge on any atom is -0.545 e. The van der Waals surface area contributed by atoms with Crippen LogP contribution in [0.3, 0.4) is 0 Å². The van der Waals surface area contributed by atoms with Gasteiger partial charge in [0, 0.05) is 24.6 Å². The summed E-state index contributed by atoms with van der Waals surface area (Å²) in [6, 6.07) is 2.07. The number of halogens is 1. The molecule has 1 aromatic carbocycles. The molecule has 0 radical (unpaired) electrons. The summed E-state index contributed by atoms with van der Waals surface area (Å²) < 4.78 is 1.29. The van der Waals surface area contributed by atoms with Crippen LogP contribution in [0, 0.1) is 37.6 Å². The molecule has 122 valence electrons. The van der Waals surface area contributed by atoms with Crippen molar-refractivity contribution in [1.82, 2.24) is 5.10 Å². The van der Waals surface area contributed by atoms with E-state index in [1.807, 2.05) is 13.8 Å². The van der Waals surface area contributed by atoms with Gasteiger partial charge in [-0.25, -0.2) is 0 Å². The molecular weight excluding hydrogens is 423 g/mol. The summed E-state index contributed by atoms with van der Waals surface area (Å²) >= 11 is 2.30. The van der Waals surface area contributed by atoms with Crippen molar-refractivity contribution in [2.24, 2.45) is 0 Å². The van der Waals surface area contributed by atoms with Gasteiger partial charge in [-0.15, -0.1) is 5.10 Å². The Hall–Kier alpha value is -2.57. The highest BCUT2D eigenvalue weighted by molar-refractivity contribution is 14.1. The monoisotopic (exact) mass is 434 g/mol. The lowest BCUT2D eigenvalue weighted by Crippen LogP contribution is -2.22. The molecule has 0 amide bonds. The van der Waals surface area contributed by atoms with E-state index in [1.54, 1.807) is 0 Å². The van der Waals surface area contributed by atoms with Gasteiger partial charge in [0.25, 0.3) is 11.4 Å². The first-order chi connectivity index (χ1) is 10.6. The van der Waals surface area contributed by atoms with Crippen LogP contribution in [0.15, 0.2) is 18.2 Å². The van der Waals surface area contributed by atoms with Crippen LogP contribution in [0.25, 0.3) is 0 Å². The molecule has 0 spiro atoms. The number of carboxylic acid groups (broad SMARTS) is 1. The summed E-state index contributed by atoms with van der Waals surface area (Å²) in [5.74, 6) is -1.71. The van der Waals surface area contributed by atoms with Crippen LogP contribution in [0.4, 0.5) is 11.4 Å². The highest BCUT2D eigenvalue weighted by Crippen LogP contribution is 2.22. The van der Waals surface area contributed by atoms with E-state index in [9.17, 15) is 30.1 Å². The zero-order valence-corrected chi connectivity index (χ0v) is 14.1. The van der Waals surface area contributed by atoms with Gasteiger partial charge < -0.3 is 9.90 Å². The molecule has 23 heavy (non-hydrogen) atoms. The minimum atomic E-state index is -1.71. The van der Waals surface area contributed by atoms with Crippen molar-refractivity contribution in [2.75, 3.05) is 0 Å². The Labute approximate surface area is 143 Å². The van der Waals surface area contributed by atoms with Crippen LogP contribution in [0.1, 0.15) is 21.7 Å². The molecule has 1 heterocycles. The summed E-state index contributed by atoms with van der Waals surface area (Å²) in [7, 11) is 0. The van der Waals surface area contributed by atoms with Crippen LogP contribution in [-0.2, 0) is 0 Å². The lowest BCUT2D eigenvalue weighted by Gasteiger charge is -2.01. The number of non-ortho nitro benzene ring substituents is 2. The van der Waals surface area contributed by atoms with Crippen molar-refractivity contribution in [3.63, 3.8) is 0 Å². The van der Waals surface area contributed by atoms with E-state index in [1.165, 1.54) is 15.0 Å². The van der Waals surface area contributed by atoms with E-state index >= 15 is 0 Å². The van der Waals surface area contributed by atoms with Crippen molar-refractivity contribution in [3.05, 3.63) is 58.9 Å². The fraction of sp³-hybridized carbons (Fsp3) is 0.167. The zero-order valence-electron chi connectivity index (χ0n) is 12.0. The molecular formula is C12H11IN4O6. The Morgan fingerprint density at radius 3 is 1.83 bits per heavy atom. The van der Waals surface area contributed by atoms with Crippen LogP contribution in [0.5, 0.6) is 0 Å². The van der Waals surface area contributed by atoms with Crippen molar-refractivity contribution in [3.8, 4) is 0 Å². The number of aromatic carboxylic acids is 1. The lowest BCUT2D eigenvalue weighted by atomic mass is 10.2. The molecule has 10 nitrogen and oxygen atoms in total. The van der Waals surface area contributed by atoms with Gasteiger partial charge in [0.05, 0.1) is 27.6 Å². The number of nitro groups is 2. The largest absolute Gasteiger partial charge is 0.545 e. The average molecular weight is 434 g/mol. The van der Waals surface area contributed by atoms with Gasteiger partial charge in [-0.3, -0.25) is 20.2 Å². The van der Waals surface area contributed by atoms with E-state index in [4.69, 9.17) is 0 Å². The molecule has 0 fully saturated rings. The lowest BCUT2D eigenvalue weighted by molar-refractivity contribution is -0.458. The molecule has 0 aliphatic carbocycles. The van der Waals surface area contributed by atoms with E-state index in [-0.39, 0.29) is 0 Å². The van der Waals surface area contributed by atoms with E-state index in [0.29, 0.717) is 18.2 Å². The number of nitrogens with zero attached hydrogens (tertiary/aromatic N) is 2. The second-order valence-electron chi connectivity index (χ2n) is 4.35. The molecule has 0 saturated heterocycles. The second-order valence-corrected chi connectivity index (χ2v) is 5.43. The van der Waals surface area contributed by atoms with Gasteiger partial charge in [0.15, 0.2) is 0 Å². The minimum absolute atomic E-state index is 0.601. The van der Waals surface area contributed by atoms with Gasteiger partial charge in [0.1, 0.15) is 3.57 Å². The van der Waals surface area contributed by atoms with Crippen LogP contribution in [0.2, 0.25) is 0 Å². The van der Waals surface area contributed by atoms with Gasteiger partial charge in [-0.1, -0.05) is 0 Å². The molecule has 2 aromatic rings. The number of carbonyl (C=O) groups is 1. The summed E-state index contributed by atoms with van der Waals surface area (Å²) in [6.07, 6.45) is 0. The topological polar surface area (TPSA) is 156 Å². The molecule has 1 aromatic heterocycles. The number of aromatic nitrogens is 2. The van der Waals surface area contributed by atoms with Gasteiger partial charge in [-0.05, 0) is 29.5 Å². The molecule has 2 N–H and O–H groups in total. The third kappa shape index (κ3) is 4.98. The number of nitrogens with one attached hydrogen (secondary N) is 2. The number of rotatable bonds is 3. The van der Waals surface area contributed by atoms with Gasteiger partial charge in [0.2, 0.25) is 5.69 Å². The molecule has 0 atom stereocenters. The predicted octanol–water partition coefficient (Wildman–Crippen LogP) is 0.917. The number of H-pyrrole nitrogens is 2. The van der Waals surface area contributed by atoms with Crippen molar-refractivity contribution in [2.45, 2.75) is 13.8 Å². The molecule has 0 bridgehead atoms. The molecule has 11 heteroatoms. The molecule has 0 unspecified atom stereocenters. The van der Waals surface area contributed by atoms with Crippen molar-refractivity contribution < 1.29 is 24.8 Å². The Morgan fingerprint density at radius 1 is 1.13 bits per heavy atom. The van der Waals surface area contributed by atoms with Gasteiger partial charge >= 0.3 is 0 Å². The molecule has 0 saturated carbocycles. The predicted molar refractivity (Wildman–Crippen MR) is 83.6 cm³/mol. The Balaban J connectivity index is 0.000000277. The third-order valence-electron chi connectivity index (χ3n) is 2.66. The fourth-order valence-corrected chi connectivity index (χ4v) is 1.77. The highest BCUT2D eigenvalue weighted by Gasteiger charge is 2.16. The summed E-state index contributed by atoms with van der Waals surface area (Å²) in [5, 5.41) is 37.0. The Morgan fingerprint density at radius 2 is 1.61 bits per heavy atom. The maximum atomic E-state index is 10.4. The fourth-order valence-electron chi connectivity index (χ4n) is 1.50. The molecule has 2 rings (SSSR count). The molecule has 0 aliphatic heterocycles. The van der Waals surface area contributed by atoms with E-state index in [0.717, 1.165) is 0 Å². The van der Waals surface area contributed by atoms with E-state index < -0.39 is 32.8 Å². The average Bonchev–Trinajstić information content (AvgIpc) is 2.78. The number of hydrogen-bond acceptors (Lipinski definition) is 6. The zero-order chi connectivity index (χ0) is 17.7. The number of aromatic amines is 2. The maximum Gasteiger partial charge on any atom is 0.276 e.